The number of hydrogen-bond acceptors (Lipinski definition) is 4. The van der Waals surface area contributed by atoms with E-state index in [1.54, 1.807) is 0 Å². The lowest BCUT2D eigenvalue weighted by molar-refractivity contribution is 0.0613. The Morgan fingerprint density at radius 1 is 1.38 bits per heavy atom. The zero-order chi connectivity index (χ0) is 14.8. The van der Waals surface area contributed by atoms with Crippen LogP contribution in [0.25, 0.3) is 11.5 Å². The van der Waals surface area contributed by atoms with Crippen LogP contribution in [0, 0.1) is 0 Å². The van der Waals surface area contributed by atoms with Gasteiger partial charge in [0.05, 0.1) is 0 Å². The molecule has 1 aromatic heterocycles. The maximum Gasteiger partial charge on any atom is 0.276 e. The third-order valence-electron chi connectivity index (χ3n) is 3.92. The summed E-state index contributed by atoms with van der Waals surface area (Å²) in [6.07, 6.45) is 3.10. The van der Waals surface area contributed by atoms with Gasteiger partial charge in [-0.1, -0.05) is 18.2 Å². The van der Waals surface area contributed by atoms with Crippen molar-refractivity contribution in [1.29, 1.82) is 0 Å². The van der Waals surface area contributed by atoms with E-state index in [0.717, 1.165) is 18.4 Å². The van der Waals surface area contributed by atoms with Gasteiger partial charge in [0.15, 0.2) is 5.69 Å². The van der Waals surface area contributed by atoms with E-state index in [1.165, 1.54) is 6.26 Å². The molecular formula is C16H19N3O2. The number of carbonyl (C=O) groups excluding carboxylic acids is 1. The summed E-state index contributed by atoms with van der Waals surface area (Å²) in [4.78, 5) is 18.7. The molecule has 110 valence electrons. The molecular weight excluding hydrogens is 266 g/mol. The molecule has 1 amide bonds. The van der Waals surface area contributed by atoms with Crippen LogP contribution < -0.4 is 5.73 Å². The van der Waals surface area contributed by atoms with Gasteiger partial charge in [0.1, 0.15) is 6.26 Å². The van der Waals surface area contributed by atoms with E-state index in [4.69, 9.17) is 10.2 Å². The summed E-state index contributed by atoms with van der Waals surface area (Å²) in [6, 6.07) is 9.88. The molecule has 5 nitrogen and oxygen atoms in total. The van der Waals surface area contributed by atoms with Crippen molar-refractivity contribution in [3.05, 3.63) is 42.3 Å². The number of piperidine rings is 1. The lowest BCUT2D eigenvalue weighted by atomic mass is 9.99. The molecule has 0 aliphatic carbocycles. The highest BCUT2D eigenvalue weighted by Crippen LogP contribution is 2.22. The SMILES string of the molecule is C[C@@H]1C[C@H](N)CCN1C(=O)c1coc(-c2ccccc2)n1. The topological polar surface area (TPSA) is 72.4 Å². The lowest BCUT2D eigenvalue weighted by Crippen LogP contribution is -2.48. The molecule has 1 aromatic carbocycles. The minimum Gasteiger partial charge on any atom is -0.444 e. The number of aromatic nitrogens is 1. The Balaban J connectivity index is 1.78. The molecule has 0 radical (unpaired) electrons. The Kier molecular flexibility index (Phi) is 3.75. The first-order valence-corrected chi connectivity index (χ1v) is 7.22. The second-order valence-electron chi connectivity index (χ2n) is 5.54. The molecule has 2 N–H and O–H groups in total. The predicted molar refractivity (Wildman–Crippen MR) is 79.6 cm³/mol. The first kappa shape index (κ1) is 13.8. The van der Waals surface area contributed by atoms with Crippen molar-refractivity contribution >= 4 is 5.91 Å². The van der Waals surface area contributed by atoms with Gasteiger partial charge in [-0.2, -0.15) is 0 Å². The van der Waals surface area contributed by atoms with Gasteiger partial charge in [-0.3, -0.25) is 4.79 Å². The molecule has 1 aliphatic rings. The number of rotatable bonds is 2. The summed E-state index contributed by atoms with van der Waals surface area (Å²) in [5, 5.41) is 0. The second-order valence-corrected chi connectivity index (χ2v) is 5.54. The van der Waals surface area contributed by atoms with Gasteiger partial charge in [0, 0.05) is 24.2 Å². The van der Waals surface area contributed by atoms with Crippen LogP contribution in [0.2, 0.25) is 0 Å². The van der Waals surface area contributed by atoms with Crippen LogP contribution in [0.5, 0.6) is 0 Å². The van der Waals surface area contributed by atoms with Crippen molar-refractivity contribution < 1.29 is 9.21 Å². The van der Waals surface area contributed by atoms with Crippen molar-refractivity contribution in [3.63, 3.8) is 0 Å². The molecule has 0 bridgehead atoms. The molecule has 2 atom stereocenters. The van der Waals surface area contributed by atoms with E-state index in [9.17, 15) is 4.79 Å². The molecule has 5 heteroatoms. The van der Waals surface area contributed by atoms with Crippen LogP contribution in [-0.2, 0) is 0 Å². The van der Waals surface area contributed by atoms with Crippen molar-refractivity contribution in [1.82, 2.24) is 9.88 Å². The average Bonchev–Trinajstić information content (AvgIpc) is 2.97. The van der Waals surface area contributed by atoms with Crippen LogP contribution in [0.15, 0.2) is 41.0 Å². The summed E-state index contributed by atoms with van der Waals surface area (Å²) in [6.45, 7) is 2.70. The number of nitrogens with two attached hydrogens (primary N) is 1. The number of oxazole rings is 1. The van der Waals surface area contributed by atoms with Crippen molar-refractivity contribution in [3.8, 4) is 11.5 Å². The first-order chi connectivity index (χ1) is 10.1. The molecule has 3 rings (SSSR count). The van der Waals surface area contributed by atoms with E-state index in [1.807, 2.05) is 42.2 Å². The summed E-state index contributed by atoms with van der Waals surface area (Å²) >= 11 is 0. The predicted octanol–water partition coefficient (Wildman–Crippen LogP) is 2.29. The van der Waals surface area contributed by atoms with Crippen LogP contribution in [0.3, 0.4) is 0 Å². The largest absolute Gasteiger partial charge is 0.444 e. The summed E-state index contributed by atoms with van der Waals surface area (Å²) in [5.41, 5.74) is 7.16. The highest BCUT2D eigenvalue weighted by Gasteiger charge is 2.29. The Bertz CT molecular complexity index is 623. The molecule has 1 saturated heterocycles. The maximum absolute atomic E-state index is 12.5. The fourth-order valence-corrected chi connectivity index (χ4v) is 2.74. The zero-order valence-electron chi connectivity index (χ0n) is 12.0. The van der Waals surface area contributed by atoms with Gasteiger partial charge in [-0.15, -0.1) is 0 Å². The van der Waals surface area contributed by atoms with E-state index in [0.29, 0.717) is 18.1 Å². The fourth-order valence-electron chi connectivity index (χ4n) is 2.74. The minimum absolute atomic E-state index is 0.0830. The number of nitrogens with zero attached hydrogens (tertiary/aromatic N) is 2. The maximum atomic E-state index is 12.5. The second kappa shape index (κ2) is 5.69. The van der Waals surface area contributed by atoms with Gasteiger partial charge in [-0.25, -0.2) is 4.98 Å². The quantitative estimate of drug-likeness (QED) is 0.919. The van der Waals surface area contributed by atoms with Gasteiger partial charge in [-0.05, 0) is 31.9 Å². The van der Waals surface area contributed by atoms with Crippen LogP contribution in [-0.4, -0.2) is 34.4 Å². The number of hydrogen-bond donors (Lipinski definition) is 1. The van der Waals surface area contributed by atoms with Gasteiger partial charge >= 0.3 is 0 Å². The molecule has 0 spiro atoms. The molecule has 1 fully saturated rings. The molecule has 0 saturated carbocycles. The number of benzene rings is 1. The van der Waals surface area contributed by atoms with Crippen LogP contribution in [0.4, 0.5) is 0 Å². The number of amides is 1. The van der Waals surface area contributed by atoms with Crippen LogP contribution >= 0.6 is 0 Å². The third kappa shape index (κ3) is 2.83. The van der Waals surface area contributed by atoms with Gasteiger partial charge in [0.2, 0.25) is 5.89 Å². The van der Waals surface area contributed by atoms with Gasteiger partial charge in [0.25, 0.3) is 5.91 Å². The zero-order valence-corrected chi connectivity index (χ0v) is 12.0. The van der Waals surface area contributed by atoms with E-state index < -0.39 is 0 Å². The van der Waals surface area contributed by atoms with Crippen molar-refractivity contribution in [2.24, 2.45) is 5.73 Å². The fraction of sp³-hybridized carbons (Fsp3) is 0.375. The Labute approximate surface area is 123 Å². The summed E-state index contributed by atoms with van der Waals surface area (Å²) in [5.74, 6) is 0.389. The first-order valence-electron chi connectivity index (χ1n) is 7.22. The minimum atomic E-state index is -0.0830. The number of carbonyl (C=O) groups is 1. The van der Waals surface area contributed by atoms with E-state index in [-0.39, 0.29) is 18.0 Å². The number of likely N-dealkylation sites (tertiary alicyclic amines) is 1. The average molecular weight is 285 g/mol. The molecule has 2 heterocycles. The highest BCUT2D eigenvalue weighted by atomic mass is 16.3. The lowest BCUT2D eigenvalue weighted by Gasteiger charge is -2.35. The van der Waals surface area contributed by atoms with Crippen molar-refractivity contribution in [2.45, 2.75) is 31.8 Å². The van der Waals surface area contributed by atoms with Crippen molar-refractivity contribution in [2.75, 3.05) is 6.54 Å². The normalized spacial score (nSPS) is 22.3. The Morgan fingerprint density at radius 2 is 2.14 bits per heavy atom. The van der Waals surface area contributed by atoms with Gasteiger partial charge < -0.3 is 15.1 Å². The molecule has 2 aromatic rings. The standard InChI is InChI=1S/C16H19N3O2/c1-11-9-13(17)7-8-19(11)16(20)14-10-21-15(18-14)12-5-3-2-4-6-12/h2-6,10-11,13H,7-9,17H2,1H3/t11-,13-/m1/s1. The smallest absolute Gasteiger partial charge is 0.276 e. The Morgan fingerprint density at radius 3 is 2.86 bits per heavy atom. The third-order valence-corrected chi connectivity index (χ3v) is 3.92. The van der Waals surface area contributed by atoms with E-state index >= 15 is 0 Å². The molecule has 1 aliphatic heterocycles. The van der Waals surface area contributed by atoms with Crippen LogP contribution in [0.1, 0.15) is 30.3 Å². The molecule has 0 unspecified atom stereocenters. The summed E-state index contributed by atoms with van der Waals surface area (Å²) in [7, 11) is 0. The Hall–Kier alpha value is -2.14. The highest BCUT2D eigenvalue weighted by molar-refractivity contribution is 5.92. The monoisotopic (exact) mass is 285 g/mol. The van der Waals surface area contributed by atoms with E-state index in [2.05, 4.69) is 4.98 Å². The molecule has 21 heavy (non-hydrogen) atoms. The summed E-state index contributed by atoms with van der Waals surface area (Å²) < 4.78 is 5.44.